The number of para-hydroxylation sites is 1. The molecule has 134 valence electrons. The Morgan fingerprint density at radius 1 is 1.32 bits per heavy atom. The third-order valence-electron chi connectivity index (χ3n) is 4.08. The summed E-state index contributed by atoms with van der Waals surface area (Å²) in [6.07, 6.45) is -0.477. The lowest BCUT2D eigenvalue weighted by molar-refractivity contribution is -0.146. The highest BCUT2D eigenvalue weighted by Gasteiger charge is 2.39. The molecule has 2 heterocycles. The SMILES string of the molecule is CC(C)(C)OC(=O)NC1CN(C(C(=O)O)c2cc3ccccc3[nH]2)C1. The van der Waals surface area contributed by atoms with Crippen molar-refractivity contribution < 1.29 is 19.4 Å². The van der Waals surface area contributed by atoms with E-state index in [9.17, 15) is 14.7 Å². The summed E-state index contributed by atoms with van der Waals surface area (Å²) >= 11 is 0. The Labute approximate surface area is 146 Å². The number of carbonyl (C=O) groups excluding carboxylic acids is 1. The molecule has 1 aliphatic rings. The van der Waals surface area contributed by atoms with Crippen molar-refractivity contribution in [3.05, 3.63) is 36.0 Å². The number of aromatic amines is 1. The molecule has 1 unspecified atom stereocenters. The summed E-state index contributed by atoms with van der Waals surface area (Å²) in [5.41, 5.74) is 0.999. The third-order valence-corrected chi connectivity index (χ3v) is 4.08. The Bertz CT molecular complexity index is 754. The summed E-state index contributed by atoms with van der Waals surface area (Å²) in [6.45, 7) is 6.33. The average molecular weight is 345 g/mol. The van der Waals surface area contributed by atoms with E-state index in [1.165, 1.54) is 0 Å². The van der Waals surface area contributed by atoms with Crippen molar-refractivity contribution in [3.63, 3.8) is 0 Å². The number of carboxylic acid groups (broad SMARTS) is 1. The van der Waals surface area contributed by atoms with Gasteiger partial charge in [-0.1, -0.05) is 18.2 Å². The van der Waals surface area contributed by atoms with Crippen LogP contribution in [-0.4, -0.2) is 51.8 Å². The number of alkyl carbamates (subject to hydrolysis) is 1. The number of rotatable bonds is 4. The zero-order valence-corrected chi connectivity index (χ0v) is 14.6. The summed E-state index contributed by atoms with van der Waals surface area (Å²) < 4.78 is 5.22. The fourth-order valence-electron chi connectivity index (χ4n) is 3.02. The molecule has 3 rings (SSSR count). The van der Waals surface area contributed by atoms with Gasteiger partial charge in [0.25, 0.3) is 0 Å². The van der Waals surface area contributed by atoms with Crippen LogP contribution >= 0.6 is 0 Å². The van der Waals surface area contributed by atoms with E-state index in [1.807, 2.05) is 35.2 Å². The number of likely N-dealkylation sites (tertiary alicyclic amines) is 1. The number of ether oxygens (including phenoxy) is 1. The summed E-state index contributed by atoms with van der Waals surface area (Å²) in [6, 6.07) is 8.68. The van der Waals surface area contributed by atoms with Gasteiger partial charge in [-0.05, 0) is 38.3 Å². The van der Waals surface area contributed by atoms with Crippen LogP contribution < -0.4 is 5.32 Å². The lowest BCUT2D eigenvalue weighted by atomic mass is 10.0. The first-order valence-corrected chi connectivity index (χ1v) is 8.27. The Kier molecular flexibility index (Phi) is 4.43. The van der Waals surface area contributed by atoms with Crippen LogP contribution in [0.2, 0.25) is 0 Å². The first-order chi connectivity index (χ1) is 11.7. The van der Waals surface area contributed by atoms with Crippen molar-refractivity contribution in [2.45, 2.75) is 38.5 Å². The number of fused-ring (bicyclic) bond motifs is 1. The van der Waals surface area contributed by atoms with E-state index < -0.39 is 23.7 Å². The molecule has 25 heavy (non-hydrogen) atoms. The molecule has 1 atom stereocenters. The molecule has 1 fully saturated rings. The number of nitrogens with one attached hydrogen (secondary N) is 2. The van der Waals surface area contributed by atoms with Crippen molar-refractivity contribution in [2.24, 2.45) is 0 Å². The topological polar surface area (TPSA) is 94.7 Å². The minimum absolute atomic E-state index is 0.110. The highest BCUT2D eigenvalue weighted by atomic mass is 16.6. The van der Waals surface area contributed by atoms with E-state index in [2.05, 4.69) is 10.3 Å². The molecule has 3 N–H and O–H groups in total. The number of aliphatic carboxylic acids is 1. The summed E-state index contributed by atoms with van der Waals surface area (Å²) in [7, 11) is 0. The number of amides is 1. The standard InChI is InChI=1S/C18H23N3O4/c1-18(2,3)25-17(24)19-12-9-21(10-12)15(16(22)23)14-8-11-6-4-5-7-13(11)20-14/h4-8,12,15,20H,9-10H2,1-3H3,(H,19,24)(H,22,23). The number of carboxylic acids is 1. The van der Waals surface area contributed by atoms with E-state index in [0.717, 1.165) is 10.9 Å². The minimum Gasteiger partial charge on any atom is -0.480 e. The number of carbonyl (C=O) groups is 2. The molecule has 0 aliphatic carbocycles. The van der Waals surface area contributed by atoms with Gasteiger partial charge in [0.15, 0.2) is 0 Å². The van der Waals surface area contributed by atoms with E-state index in [-0.39, 0.29) is 6.04 Å². The largest absolute Gasteiger partial charge is 0.480 e. The Hall–Kier alpha value is -2.54. The van der Waals surface area contributed by atoms with Gasteiger partial charge in [-0.3, -0.25) is 9.69 Å². The van der Waals surface area contributed by atoms with Gasteiger partial charge in [0.1, 0.15) is 11.6 Å². The van der Waals surface area contributed by atoms with E-state index in [0.29, 0.717) is 18.8 Å². The van der Waals surface area contributed by atoms with Crippen LogP contribution in [0.5, 0.6) is 0 Å². The maximum atomic E-state index is 11.8. The zero-order valence-electron chi connectivity index (χ0n) is 14.6. The minimum atomic E-state index is -0.915. The molecule has 1 aliphatic heterocycles. The molecule has 0 saturated carbocycles. The lowest BCUT2D eigenvalue weighted by Crippen LogP contribution is -2.61. The second-order valence-corrected chi connectivity index (χ2v) is 7.35. The third kappa shape index (κ3) is 3.93. The molecule has 7 heteroatoms. The summed E-state index contributed by atoms with van der Waals surface area (Å²) in [5.74, 6) is -0.915. The molecule has 1 amide bonds. The molecule has 1 saturated heterocycles. The zero-order chi connectivity index (χ0) is 18.2. The lowest BCUT2D eigenvalue weighted by Gasteiger charge is -2.42. The smallest absolute Gasteiger partial charge is 0.407 e. The van der Waals surface area contributed by atoms with E-state index in [1.54, 1.807) is 20.8 Å². The molecule has 0 radical (unpaired) electrons. The maximum Gasteiger partial charge on any atom is 0.407 e. The number of nitrogens with zero attached hydrogens (tertiary/aromatic N) is 1. The number of H-pyrrole nitrogens is 1. The molecule has 2 aromatic rings. The van der Waals surface area contributed by atoms with Gasteiger partial charge in [0, 0.05) is 24.3 Å². The fourth-order valence-corrected chi connectivity index (χ4v) is 3.02. The highest BCUT2D eigenvalue weighted by molar-refractivity contribution is 5.83. The predicted molar refractivity (Wildman–Crippen MR) is 93.4 cm³/mol. The molecule has 0 bridgehead atoms. The van der Waals surface area contributed by atoms with E-state index in [4.69, 9.17) is 4.74 Å². The van der Waals surface area contributed by atoms with Crippen LogP contribution in [0.15, 0.2) is 30.3 Å². The normalized spacial score (nSPS) is 17.1. The van der Waals surface area contributed by atoms with Gasteiger partial charge < -0.3 is 20.1 Å². The second-order valence-electron chi connectivity index (χ2n) is 7.35. The number of benzene rings is 1. The van der Waals surface area contributed by atoms with Crippen LogP contribution in [0.1, 0.15) is 32.5 Å². The molecule has 0 spiro atoms. The molecular formula is C18H23N3O4. The summed E-state index contributed by atoms with van der Waals surface area (Å²) in [5, 5.41) is 13.4. The molecule has 7 nitrogen and oxygen atoms in total. The van der Waals surface area contributed by atoms with Gasteiger partial charge in [0.05, 0.1) is 6.04 Å². The highest BCUT2D eigenvalue weighted by Crippen LogP contribution is 2.28. The van der Waals surface area contributed by atoms with Crippen LogP contribution in [0, 0.1) is 0 Å². The Morgan fingerprint density at radius 2 is 2.00 bits per heavy atom. The first kappa shape index (κ1) is 17.3. The number of hydrogen-bond acceptors (Lipinski definition) is 4. The van der Waals surface area contributed by atoms with Crippen molar-refractivity contribution in [3.8, 4) is 0 Å². The molecule has 1 aromatic heterocycles. The van der Waals surface area contributed by atoms with Crippen LogP contribution in [-0.2, 0) is 9.53 Å². The van der Waals surface area contributed by atoms with Gasteiger partial charge in [0.2, 0.25) is 0 Å². The second kappa shape index (κ2) is 6.40. The molecular weight excluding hydrogens is 322 g/mol. The first-order valence-electron chi connectivity index (χ1n) is 8.27. The van der Waals surface area contributed by atoms with Crippen molar-refractivity contribution in [2.75, 3.05) is 13.1 Å². The fraction of sp³-hybridized carbons (Fsp3) is 0.444. The van der Waals surface area contributed by atoms with Gasteiger partial charge in [-0.15, -0.1) is 0 Å². The van der Waals surface area contributed by atoms with Crippen molar-refractivity contribution in [1.29, 1.82) is 0 Å². The van der Waals surface area contributed by atoms with Crippen LogP contribution in [0.4, 0.5) is 4.79 Å². The Morgan fingerprint density at radius 3 is 2.60 bits per heavy atom. The van der Waals surface area contributed by atoms with Crippen LogP contribution in [0.25, 0.3) is 10.9 Å². The average Bonchev–Trinajstić information content (AvgIpc) is 2.85. The van der Waals surface area contributed by atoms with Gasteiger partial charge in [-0.25, -0.2) is 4.79 Å². The van der Waals surface area contributed by atoms with Crippen LogP contribution in [0.3, 0.4) is 0 Å². The van der Waals surface area contributed by atoms with Gasteiger partial charge >= 0.3 is 12.1 Å². The number of hydrogen-bond donors (Lipinski definition) is 3. The quantitative estimate of drug-likeness (QED) is 0.791. The summed E-state index contributed by atoms with van der Waals surface area (Å²) in [4.78, 5) is 28.5. The molecule has 1 aromatic carbocycles. The van der Waals surface area contributed by atoms with Gasteiger partial charge in [-0.2, -0.15) is 0 Å². The van der Waals surface area contributed by atoms with Crippen molar-refractivity contribution >= 4 is 23.0 Å². The Balaban J connectivity index is 1.64. The maximum absolute atomic E-state index is 11.8. The van der Waals surface area contributed by atoms with Crippen molar-refractivity contribution in [1.82, 2.24) is 15.2 Å². The number of aromatic nitrogens is 1. The monoisotopic (exact) mass is 345 g/mol. The predicted octanol–water partition coefficient (Wildman–Crippen LogP) is 2.50. The van der Waals surface area contributed by atoms with E-state index >= 15 is 0 Å².